The maximum absolute atomic E-state index is 14.0. The standard InChI is InChI=1S/C25H28ClN3O7S2/c1-16-13-19(9-11-28(16)25(30)31)36-20-5-4-6-22(23(20)26)38(32,33)29(24-27-10-12-37-24)15-17-7-8-18(34-2)14-21(17)35-3/h4-8,10,12,14,16,19H,9,11,13,15H2,1-3H3,(H,30,31)/t16-,19+/m1/s1. The Balaban J connectivity index is 1.65. The van der Waals surface area contributed by atoms with E-state index in [4.69, 9.17) is 25.8 Å². The highest BCUT2D eigenvalue weighted by molar-refractivity contribution is 7.93. The highest BCUT2D eigenvalue weighted by atomic mass is 35.5. The molecular weight excluding hydrogens is 554 g/mol. The molecule has 1 saturated heterocycles. The summed E-state index contributed by atoms with van der Waals surface area (Å²) in [5.41, 5.74) is 0.606. The minimum Gasteiger partial charge on any atom is -0.497 e. The zero-order valence-electron chi connectivity index (χ0n) is 21.0. The van der Waals surface area contributed by atoms with E-state index in [1.807, 2.05) is 6.92 Å². The molecular formula is C25H28ClN3O7S2. The number of benzene rings is 2. The number of halogens is 1. The molecule has 0 unspecified atom stereocenters. The number of sulfonamides is 1. The van der Waals surface area contributed by atoms with Crippen LogP contribution in [0.2, 0.25) is 5.02 Å². The van der Waals surface area contributed by atoms with Crippen molar-refractivity contribution in [3.8, 4) is 17.2 Å². The van der Waals surface area contributed by atoms with Gasteiger partial charge in [0.05, 0.1) is 20.8 Å². The number of hydrogen-bond acceptors (Lipinski definition) is 8. The van der Waals surface area contributed by atoms with Gasteiger partial charge in [-0.1, -0.05) is 17.7 Å². The lowest BCUT2D eigenvalue weighted by Crippen LogP contribution is -2.46. The van der Waals surface area contributed by atoms with Gasteiger partial charge in [-0.2, -0.15) is 0 Å². The predicted molar refractivity (Wildman–Crippen MR) is 144 cm³/mol. The number of rotatable bonds is 9. The summed E-state index contributed by atoms with van der Waals surface area (Å²) < 4.78 is 46.0. The molecule has 0 bridgehead atoms. The normalized spacial score (nSPS) is 17.6. The van der Waals surface area contributed by atoms with Crippen LogP contribution in [0.1, 0.15) is 25.3 Å². The number of anilines is 1. The van der Waals surface area contributed by atoms with Crippen LogP contribution in [0, 0.1) is 0 Å². The largest absolute Gasteiger partial charge is 0.497 e. The van der Waals surface area contributed by atoms with Crippen molar-refractivity contribution in [1.82, 2.24) is 9.88 Å². The molecule has 10 nitrogen and oxygen atoms in total. The van der Waals surface area contributed by atoms with Gasteiger partial charge in [-0.15, -0.1) is 11.3 Å². The fourth-order valence-electron chi connectivity index (χ4n) is 4.33. The van der Waals surface area contributed by atoms with Gasteiger partial charge >= 0.3 is 6.09 Å². The number of nitrogens with zero attached hydrogens (tertiary/aromatic N) is 3. The second kappa shape index (κ2) is 11.7. The van der Waals surface area contributed by atoms with E-state index in [9.17, 15) is 18.3 Å². The maximum atomic E-state index is 14.0. The number of hydrogen-bond donors (Lipinski definition) is 1. The Morgan fingerprint density at radius 3 is 2.66 bits per heavy atom. The minimum atomic E-state index is -4.19. The summed E-state index contributed by atoms with van der Waals surface area (Å²) in [4.78, 5) is 16.9. The number of carboxylic acid groups (broad SMARTS) is 1. The fraction of sp³-hybridized carbons (Fsp3) is 0.360. The predicted octanol–water partition coefficient (Wildman–Crippen LogP) is 5.12. The van der Waals surface area contributed by atoms with E-state index < -0.39 is 16.1 Å². The Labute approximate surface area is 230 Å². The summed E-state index contributed by atoms with van der Waals surface area (Å²) in [5.74, 6) is 1.26. The van der Waals surface area contributed by atoms with Gasteiger partial charge in [-0.05, 0) is 31.2 Å². The van der Waals surface area contributed by atoms with Gasteiger partial charge < -0.3 is 24.2 Å². The van der Waals surface area contributed by atoms with E-state index in [1.54, 1.807) is 35.7 Å². The third-order valence-electron chi connectivity index (χ3n) is 6.30. The lowest BCUT2D eigenvalue weighted by Gasteiger charge is -2.36. The zero-order chi connectivity index (χ0) is 27.4. The summed E-state index contributed by atoms with van der Waals surface area (Å²) in [7, 11) is -1.16. The zero-order valence-corrected chi connectivity index (χ0v) is 23.4. The Morgan fingerprint density at radius 2 is 2.03 bits per heavy atom. The van der Waals surface area contributed by atoms with Crippen molar-refractivity contribution in [2.24, 2.45) is 0 Å². The Bertz CT molecular complexity index is 1390. The van der Waals surface area contributed by atoms with Gasteiger partial charge in [0, 0.05) is 48.6 Å². The molecule has 204 valence electrons. The van der Waals surface area contributed by atoms with E-state index in [1.165, 1.54) is 47.0 Å². The monoisotopic (exact) mass is 581 g/mol. The smallest absolute Gasteiger partial charge is 0.407 e. The number of piperidine rings is 1. The van der Waals surface area contributed by atoms with Crippen LogP contribution in [0.4, 0.5) is 9.93 Å². The van der Waals surface area contributed by atoms with Crippen LogP contribution in [0.5, 0.6) is 17.2 Å². The molecule has 4 rings (SSSR count). The van der Waals surface area contributed by atoms with Crippen LogP contribution in [0.25, 0.3) is 0 Å². The van der Waals surface area contributed by atoms with Gasteiger partial charge in [-0.25, -0.2) is 22.5 Å². The topological polar surface area (TPSA) is 118 Å². The van der Waals surface area contributed by atoms with Crippen molar-refractivity contribution >= 4 is 44.2 Å². The fourth-order valence-corrected chi connectivity index (χ4v) is 7.14. The molecule has 1 aliphatic rings. The first-order valence-corrected chi connectivity index (χ1v) is 14.4. The first-order valence-electron chi connectivity index (χ1n) is 11.7. The van der Waals surface area contributed by atoms with Crippen LogP contribution in [-0.4, -0.2) is 62.4 Å². The number of amides is 1. The lowest BCUT2D eigenvalue weighted by molar-refractivity contribution is 0.0604. The number of carbonyl (C=O) groups is 1. The second-order valence-corrected chi connectivity index (χ2v) is 11.7. The molecule has 2 heterocycles. The molecule has 0 saturated carbocycles. The summed E-state index contributed by atoms with van der Waals surface area (Å²) in [6.45, 7) is 2.07. The van der Waals surface area contributed by atoms with Crippen molar-refractivity contribution in [1.29, 1.82) is 0 Å². The van der Waals surface area contributed by atoms with E-state index >= 15 is 0 Å². The number of likely N-dealkylation sites (tertiary alicyclic amines) is 1. The SMILES string of the molecule is COc1ccc(CN(c2nccs2)S(=O)(=O)c2cccc(O[C@H]3CCN(C(=O)O)[C@H](C)C3)c2Cl)c(OC)c1. The molecule has 1 amide bonds. The second-order valence-electron chi connectivity index (χ2n) is 8.66. The molecule has 0 aliphatic carbocycles. The first kappa shape index (κ1) is 27.8. The van der Waals surface area contributed by atoms with E-state index in [0.29, 0.717) is 36.4 Å². The van der Waals surface area contributed by atoms with Crippen molar-refractivity contribution in [2.45, 2.75) is 43.4 Å². The molecule has 1 fully saturated rings. The molecule has 0 radical (unpaired) electrons. The molecule has 3 aromatic rings. The molecule has 13 heteroatoms. The lowest BCUT2D eigenvalue weighted by atomic mass is 10.0. The van der Waals surface area contributed by atoms with Crippen LogP contribution in [0.3, 0.4) is 0 Å². The quantitative estimate of drug-likeness (QED) is 0.370. The summed E-state index contributed by atoms with van der Waals surface area (Å²) in [6.07, 6.45) is 1.17. The van der Waals surface area contributed by atoms with E-state index in [2.05, 4.69) is 4.98 Å². The van der Waals surface area contributed by atoms with Gasteiger partial charge in [-0.3, -0.25) is 0 Å². The molecule has 38 heavy (non-hydrogen) atoms. The Hall–Kier alpha value is -3.22. The number of ether oxygens (including phenoxy) is 3. The third kappa shape index (κ3) is 5.77. The maximum Gasteiger partial charge on any atom is 0.407 e. The third-order valence-corrected chi connectivity index (χ3v) is 9.49. The van der Waals surface area contributed by atoms with Gasteiger partial charge in [0.1, 0.15) is 33.3 Å². The van der Waals surface area contributed by atoms with Crippen molar-refractivity contribution in [3.05, 3.63) is 58.6 Å². The highest BCUT2D eigenvalue weighted by Gasteiger charge is 2.33. The van der Waals surface area contributed by atoms with Crippen LogP contribution < -0.4 is 18.5 Å². The molecule has 2 atom stereocenters. The van der Waals surface area contributed by atoms with E-state index in [-0.39, 0.29) is 39.5 Å². The summed E-state index contributed by atoms with van der Waals surface area (Å²) in [5, 5.41) is 11.2. The highest BCUT2D eigenvalue weighted by Crippen LogP contribution is 2.38. The number of thiazole rings is 1. The molecule has 1 aromatic heterocycles. The van der Waals surface area contributed by atoms with Crippen LogP contribution in [0.15, 0.2) is 52.9 Å². The average molecular weight is 582 g/mol. The van der Waals surface area contributed by atoms with Crippen molar-refractivity contribution in [3.63, 3.8) is 0 Å². The average Bonchev–Trinajstić information content (AvgIpc) is 3.42. The van der Waals surface area contributed by atoms with Crippen molar-refractivity contribution in [2.75, 3.05) is 25.1 Å². The summed E-state index contributed by atoms with van der Waals surface area (Å²) >= 11 is 7.82. The summed E-state index contributed by atoms with van der Waals surface area (Å²) in [6, 6.07) is 9.50. The van der Waals surface area contributed by atoms with Crippen molar-refractivity contribution < 1.29 is 32.5 Å². The molecule has 1 N–H and O–H groups in total. The van der Waals surface area contributed by atoms with Gasteiger partial charge in [0.25, 0.3) is 10.0 Å². The number of methoxy groups -OCH3 is 2. The molecule has 2 aromatic carbocycles. The minimum absolute atomic E-state index is 0.0518. The molecule has 0 spiro atoms. The van der Waals surface area contributed by atoms with E-state index in [0.717, 1.165) is 0 Å². The number of aromatic nitrogens is 1. The van der Waals surface area contributed by atoms with Crippen LogP contribution in [-0.2, 0) is 16.6 Å². The van der Waals surface area contributed by atoms with Gasteiger partial charge in [0.15, 0.2) is 5.13 Å². The Morgan fingerprint density at radius 1 is 1.24 bits per heavy atom. The first-order chi connectivity index (χ1) is 18.1. The molecule has 1 aliphatic heterocycles. The van der Waals surface area contributed by atoms with Crippen LogP contribution >= 0.6 is 22.9 Å². The van der Waals surface area contributed by atoms with Gasteiger partial charge in [0.2, 0.25) is 0 Å². The Kier molecular flexibility index (Phi) is 8.54.